The van der Waals surface area contributed by atoms with Crippen LogP contribution in [0.4, 0.5) is 0 Å². The number of allylic oxidation sites excluding steroid dienone is 1. The fourth-order valence-corrected chi connectivity index (χ4v) is 2.66. The summed E-state index contributed by atoms with van der Waals surface area (Å²) in [5.74, 6) is 2.95. The molecule has 1 heterocycles. The fourth-order valence-electron chi connectivity index (χ4n) is 1.97. The third-order valence-corrected chi connectivity index (χ3v) is 3.93. The molecule has 1 aromatic carbocycles. The van der Waals surface area contributed by atoms with E-state index in [9.17, 15) is 0 Å². The van der Waals surface area contributed by atoms with Crippen LogP contribution in [0.3, 0.4) is 0 Å². The smallest absolute Gasteiger partial charge is 0.192 e. The van der Waals surface area contributed by atoms with E-state index in [-0.39, 0.29) is 0 Å². The van der Waals surface area contributed by atoms with Gasteiger partial charge >= 0.3 is 0 Å². The molecule has 6 heteroatoms. The number of benzene rings is 1. The Balaban J connectivity index is 2.48. The van der Waals surface area contributed by atoms with Crippen LogP contribution in [0.25, 0.3) is 11.4 Å². The summed E-state index contributed by atoms with van der Waals surface area (Å²) in [5.41, 5.74) is 0.885. The number of thioether (sulfide) groups is 1. The number of ether oxygens (including phenoxy) is 2. The van der Waals surface area contributed by atoms with Crippen LogP contribution in [0, 0.1) is 0 Å². The maximum absolute atomic E-state index is 5.31. The Morgan fingerprint density at radius 1 is 1.09 bits per heavy atom. The zero-order valence-electron chi connectivity index (χ0n) is 12.8. The minimum Gasteiger partial charge on any atom is -0.497 e. The highest BCUT2D eigenvalue weighted by atomic mass is 32.2. The van der Waals surface area contributed by atoms with Gasteiger partial charge in [-0.05, 0) is 12.1 Å². The number of rotatable bonds is 8. The summed E-state index contributed by atoms with van der Waals surface area (Å²) >= 11 is 1.58. The molecule has 0 unspecified atom stereocenters. The Hall–Kier alpha value is -2.21. The molecule has 0 aliphatic rings. The molecular weight excluding hydrogens is 298 g/mol. The first-order valence-corrected chi connectivity index (χ1v) is 7.73. The summed E-state index contributed by atoms with van der Waals surface area (Å²) in [6.45, 7) is 8.16. The van der Waals surface area contributed by atoms with Crippen LogP contribution in [0.2, 0.25) is 0 Å². The molecule has 1 aromatic heterocycles. The molecular formula is C16H19N3O2S. The Kier molecular flexibility index (Phi) is 5.66. The first-order chi connectivity index (χ1) is 10.7. The van der Waals surface area contributed by atoms with Crippen LogP contribution in [0.1, 0.15) is 0 Å². The van der Waals surface area contributed by atoms with E-state index in [2.05, 4.69) is 23.4 Å². The van der Waals surface area contributed by atoms with E-state index >= 15 is 0 Å². The van der Waals surface area contributed by atoms with Gasteiger partial charge < -0.3 is 9.47 Å². The largest absolute Gasteiger partial charge is 0.497 e. The van der Waals surface area contributed by atoms with Crippen LogP contribution < -0.4 is 9.47 Å². The van der Waals surface area contributed by atoms with Crippen molar-refractivity contribution in [2.24, 2.45) is 0 Å². The highest BCUT2D eigenvalue weighted by Crippen LogP contribution is 2.30. The van der Waals surface area contributed by atoms with Crippen LogP contribution in [0.5, 0.6) is 11.5 Å². The predicted octanol–water partition coefficient (Wildman–Crippen LogP) is 3.43. The number of nitrogens with zero attached hydrogens (tertiary/aromatic N) is 3. The van der Waals surface area contributed by atoms with Crippen LogP contribution in [-0.4, -0.2) is 34.7 Å². The van der Waals surface area contributed by atoms with Gasteiger partial charge in [-0.3, -0.25) is 4.57 Å². The average molecular weight is 317 g/mol. The van der Waals surface area contributed by atoms with Crippen LogP contribution in [0.15, 0.2) is 48.7 Å². The van der Waals surface area contributed by atoms with Crippen molar-refractivity contribution in [1.82, 2.24) is 14.8 Å². The lowest BCUT2D eigenvalue weighted by Gasteiger charge is -2.10. The van der Waals surface area contributed by atoms with Gasteiger partial charge in [0.1, 0.15) is 11.5 Å². The van der Waals surface area contributed by atoms with Crippen molar-refractivity contribution in [3.8, 4) is 22.9 Å². The summed E-state index contributed by atoms with van der Waals surface area (Å²) in [6, 6.07) is 5.65. The second-order valence-electron chi connectivity index (χ2n) is 4.41. The van der Waals surface area contributed by atoms with Crippen molar-refractivity contribution in [3.63, 3.8) is 0 Å². The highest BCUT2D eigenvalue weighted by molar-refractivity contribution is 7.99. The van der Waals surface area contributed by atoms with Gasteiger partial charge in [0.05, 0.1) is 14.2 Å². The van der Waals surface area contributed by atoms with Gasteiger partial charge in [0.25, 0.3) is 0 Å². The average Bonchev–Trinajstić information content (AvgIpc) is 2.95. The molecule has 0 saturated heterocycles. The SMILES string of the molecule is C=CCSc1nnc(-c2cc(OC)cc(OC)c2)n1CC=C. The summed E-state index contributed by atoms with van der Waals surface area (Å²) in [7, 11) is 3.25. The summed E-state index contributed by atoms with van der Waals surface area (Å²) in [4.78, 5) is 0. The van der Waals surface area contributed by atoms with E-state index < -0.39 is 0 Å². The Morgan fingerprint density at radius 3 is 2.32 bits per heavy atom. The molecule has 116 valence electrons. The van der Waals surface area contributed by atoms with Gasteiger partial charge in [-0.1, -0.05) is 23.9 Å². The van der Waals surface area contributed by atoms with E-state index in [4.69, 9.17) is 9.47 Å². The van der Waals surface area contributed by atoms with Crippen LogP contribution in [-0.2, 0) is 6.54 Å². The molecule has 0 bridgehead atoms. The number of methoxy groups -OCH3 is 2. The highest BCUT2D eigenvalue weighted by Gasteiger charge is 2.15. The quantitative estimate of drug-likeness (QED) is 0.551. The molecule has 0 saturated carbocycles. The third kappa shape index (κ3) is 3.51. The van der Waals surface area contributed by atoms with Crippen molar-refractivity contribution in [2.75, 3.05) is 20.0 Å². The molecule has 5 nitrogen and oxygen atoms in total. The molecule has 22 heavy (non-hydrogen) atoms. The van der Waals surface area contributed by atoms with Crippen molar-refractivity contribution >= 4 is 11.8 Å². The lowest BCUT2D eigenvalue weighted by atomic mass is 10.2. The van der Waals surface area contributed by atoms with E-state index in [1.165, 1.54) is 0 Å². The Labute approximate surface area is 134 Å². The van der Waals surface area contributed by atoms with Crippen molar-refractivity contribution in [2.45, 2.75) is 11.7 Å². The molecule has 0 radical (unpaired) electrons. The molecule has 2 rings (SSSR count). The predicted molar refractivity (Wildman–Crippen MR) is 89.7 cm³/mol. The lowest BCUT2D eigenvalue weighted by molar-refractivity contribution is 0.394. The van der Waals surface area contributed by atoms with Crippen molar-refractivity contribution in [1.29, 1.82) is 0 Å². The number of aromatic nitrogens is 3. The molecule has 0 fully saturated rings. The van der Waals surface area contributed by atoms with E-state index in [0.717, 1.165) is 22.3 Å². The van der Waals surface area contributed by atoms with Gasteiger partial charge in [-0.15, -0.1) is 23.4 Å². The molecule has 0 aliphatic heterocycles. The number of hydrogen-bond donors (Lipinski definition) is 0. The fraction of sp³-hybridized carbons (Fsp3) is 0.250. The third-order valence-electron chi connectivity index (χ3n) is 2.97. The zero-order chi connectivity index (χ0) is 15.9. The molecule has 0 N–H and O–H groups in total. The first kappa shape index (κ1) is 16.2. The van der Waals surface area contributed by atoms with E-state index in [1.54, 1.807) is 26.0 Å². The maximum atomic E-state index is 5.31. The summed E-state index contributed by atoms with van der Waals surface area (Å²) in [5, 5.41) is 9.40. The normalized spacial score (nSPS) is 10.3. The zero-order valence-corrected chi connectivity index (χ0v) is 13.6. The second-order valence-corrected chi connectivity index (χ2v) is 5.39. The van der Waals surface area contributed by atoms with Gasteiger partial charge in [0, 0.05) is 23.9 Å². The second kappa shape index (κ2) is 7.70. The minimum absolute atomic E-state index is 0.626. The Morgan fingerprint density at radius 2 is 1.77 bits per heavy atom. The first-order valence-electron chi connectivity index (χ1n) is 6.74. The van der Waals surface area contributed by atoms with Gasteiger partial charge in [-0.25, -0.2) is 0 Å². The topological polar surface area (TPSA) is 49.2 Å². The van der Waals surface area contributed by atoms with E-state index in [0.29, 0.717) is 18.0 Å². The molecule has 2 aromatic rings. The summed E-state index contributed by atoms with van der Waals surface area (Å²) in [6.07, 6.45) is 3.66. The van der Waals surface area contributed by atoms with E-state index in [1.807, 2.05) is 34.9 Å². The monoisotopic (exact) mass is 317 g/mol. The van der Waals surface area contributed by atoms with Gasteiger partial charge in [-0.2, -0.15) is 0 Å². The van der Waals surface area contributed by atoms with Crippen molar-refractivity contribution < 1.29 is 9.47 Å². The number of hydrogen-bond acceptors (Lipinski definition) is 5. The Bertz CT molecular complexity index is 645. The molecule has 0 aliphatic carbocycles. The van der Waals surface area contributed by atoms with Crippen LogP contribution >= 0.6 is 11.8 Å². The summed E-state index contributed by atoms with van der Waals surface area (Å²) < 4.78 is 12.6. The minimum atomic E-state index is 0.626. The molecule has 0 amide bonds. The molecule has 0 spiro atoms. The van der Waals surface area contributed by atoms with Gasteiger partial charge in [0.15, 0.2) is 11.0 Å². The molecule has 0 atom stereocenters. The van der Waals surface area contributed by atoms with Crippen molar-refractivity contribution in [3.05, 3.63) is 43.5 Å². The maximum Gasteiger partial charge on any atom is 0.192 e. The lowest BCUT2D eigenvalue weighted by Crippen LogP contribution is -2.01. The van der Waals surface area contributed by atoms with Gasteiger partial charge in [0.2, 0.25) is 0 Å². The standard InChI is InChI=1S/C16H19N3O2S/c1-5-7-19-15(17-18-16(19)22-8-6-2)12-9-13(20-3)11-14(10-12)21-4/h5-6,9-11H,1-2,7-8H2,3-4H3.